The summed E-state index contributed by atoms with van der Waals surface area (Å²) in [4.78, 5) is 42.5. The second-order valence-electron chi connectivity index (χ2n) is 14.1. The highest BCUT2D eigenvalue weighted by molar-refractivity contribution is 5.87. The van der Waals surface area contributed by atoms with Crippen LogP contribution in [0.4, 0.5) is 0 Å². The number of rotatable bonds is 12. The first kappa shape index (κ1) is 36.5. The van der Waals surface area contributed by atoms with E-state index in [9.17, 15) is 19.5 Å². The largest absolute Gasteiger partial charge is 0.459 e. The molecule has 5 rings (SSSR count). The van der Waals surface area contributed by atoms with Crippen LogP contribution in [0.3, 0.4) is 0 Å². The highest BCUT2D eigenvalue weighted by Gasteiger charge is 2.57. The lowest BCUT2D eigenvalue weighted by Crippen LogP contribution is -2.48. The smallest absolute Gasteiger partial charge is 0.355 e. The molecule has 1 fully saturated rings. The molecule has 2 aromatic heterocycles. The SMILES string of the molecule is CO[C@H]1C[C@H]2C=C[C@@H]3C[C@]2(O[C@H]3[C@H](OC(=O)c2ccc[nH]2)[C@H](C)[C@H](C)O)/C(C)=C/[C@@H](C)[C@@H]([C@@H](C)OC(=O)CCC[n+]2ccn(C)c2)OC1=O. The van der Waals surface area contributed by atoms with Crippen LogP contribution in [-0.2, 0) is 46.9 Å². The lowest BCUT2D eigenvalue weighted by atomic mass is 9.69. The summed E-state index contributed by atoms with van der Waals surface area (Å²) in [6.07, 6.45) is 11.0. The quantitative estimate of drug-likeness (QED) is 0.148. The van der Waals surface area contributed by atoms with E-state index in [2.05, 4.69) is 17.1 Å². The lowest BCUT2D eigenvalue weighted by Gasteiger charge is -2.42. The van der Waals surface area contributed by atoms with Crippen LogP contribution in [0.15, 0.2) is 60.9 Å². The molecule has 0 amide bonds. The number of hydrogen-bond acceptors (Lipinski definition) is 9. The van der Waals surface area contributed by atoms with Gasteiger partial charge in [-0.15, -0.1) is 0 Å². The molecule has 1 aliphatic carbocycles. The zero-order chi connectivity index (χ0) is 35.5. The van der Waals surface area contributed by atoms with Crippen molar-refractivity contribution in [1.29, 1.82) is 0 Å². The molecule has 12 nitrogen and oxygen atoms in total. The number of hydrogen-bond donors (Lipinski definition) is 2. The average Bonchev–Trinajstić information content (AvgIpc) is 3.81. The fraction of sp³-hybridized carbons (Fsp3) is 0.622. The van der Waals surface area contributed by atoms with Gasteiger partial charge in [0.2, 0.25) is 6.33 Å². The number of imidazole rings is 1. The highest BCUT2D eigenvalue weighted by atomic mass is 16.6. The van der Waals surface area contributed by atoms with Gasteiger partial charge in [0.25, 0.3) is 0 Å². The number of esters is 3. The predicted molar refractivity (Wildman–Crippen MR) is 178 cm³/mol. The van der Waals surface area contributed by atoms with Crippen molar-refractivity contribution in [2.45, 2.75) is 109 Å². The van der Waals surface area contributed by atoms with Crippen molar-refractivity contribution in [3.05, 3.63) is 66.5 Å². The monoisotopic (exact) mass is 682 g/mol. The average molecular weight is 683 g/mol. The van der Waals surface area contributed by atoms with Gasteiger partial charge in [-0.3, -0.25) is 4.79 Å². The molecule has 1 saturated heterocycles. The van der Waals surface area contributed by atoms with Crippen LogP contribution in [0.25, 0.3) is 0 Å². The van der Waals surface area contributed by atoms with Crippen LogP contribution >= 0.6 is 0 Å². The summed E-state index contributed by atoms with van der Waals surface area (Å²) < 4.78 is 34.7. The standard InChI is InChI=1S/C37H51N3O9/c1-22-18-23(2)37-20-27(34(49-37)33(24(3)25(4)41)48-35(43)29-10-8-14-38-29)12-13-28(37)19-30(45-7)36(44)47-32(22)26(5)46-31(42)11-9-15-40-17-16-39(6)21-40/h8,10,12-14,16-18,21-22,24-28,30,32-34,41H,9,11,15,19-20H2,1-7H3/p+1/b23-18+/t22-,24-,25+,26-,27-,28-,30+,32+,33-,34-,37+/m1/s1. The van der Waals surface area contributed by atoms with Gasteiger partial charge in [-0.1, -0.05) is 32.1 Å². The van der Waals surface area contributed by atoms with Crippen LogP contribution in [-0.4, -0.2) is 81.9 Å². The maximum absolute atomic E-state index is 13.6. The van der Waals surface area contributed by atoms with Gasteiger partial charge in [0.15, 0.2) is 6.10 Å². The number of aliphatic hydroxyl groups is 1. The molecule has 2 aliphatic heterocycles. The minimum Gasteiger partial charge on any atom is -0.459 e. The molecule has 2 N–H and O–H groups in total. The van der Waals surface area contributed by atoms with E-state index in [1.807, 2.05) is 61.8 Å². The minimum absolute atomic E-state index is 0.113. The maximum Gasteiger partial charge on any atom is 0.355 e. The number of carbonyl (C=O) groups excluding carboxylic acids is 3. The summed E-state index contributed by atoms with van der Waals surface area (Å²) >= 11 is 0. The molecule has 0 aromatic carbocycles. The van der Waals surface area contributed by atoms with E-state index >= 15 is 0 Å². The molecule has 1 spiro atoms. The van der Waals surface area contributed by atoms with Gasteiger partial charge in [0, 0.05) is 43.4 Å². The van der Waals surface area contributed by atoms with Crippen molar-refractivity contribution in [3.8, 4) is 0 Å². The molecule has 268 valence electrons. The van der Waals surface area contributed by atoms with E-state index in [-0.39, 0.29) is 30.1 Å². The number of H-pyrrole nitrogens is 1. The van der Waals surface area contributed by atoms with E-state index in [0.717, 1.165) is 5.57 Å². The Balaban J connectivity index is 1.38. The molecule has 11 atom stereocenters. The third-order valence-electron chi connectivity index (χ3n) is 10.5. The van der Waals surface area contributed by atoms with Crippen LogP contribution in [0.1, 0.15) is 70.8 Å². The molecule has 49 heavy (non-hydrogen) atoms. The Hall–Kier alpha value is -3.74. The highest BCUT2D eigenvalue weighted by Crippen LogP contribution is 2.53. The number of aromatic amines is 1. The molecule has 0 radical (unpaired) electrons. The first-order valence-corrected chi connectivity index (χ1v) is 17.3. The van der Waals surface area contributed by atoms with Crippen molar-refractivity contribution >= 4 is 17.9 Å². The van der Waals surface area contributed by atoms with Crippen molar-refractivity contribution in [1.82, 2.24) is 9.55 Å². The number of ether oxygens (including phenoxy) is 5. The fourth-order valence-electron chi connectivity index (χ4n) is 7.58. The molecule has 4 heterocycles. The third kappa shape index (κ3) is 8.02. The molecule has 0 unspecified atom stereocenters. The number of nitrogens with one attached hydrogen (secondary N) is 1. The van der Waals surface area contributed by atoms with E-state index < -0.39 is 60.1 Å². The zero-order valence-corrected chi connectivity index (χ0v) is 29.6. The number of nitrogens with zero attached hydrogens (tertiary/aromatic N) is 2. The molecule has 2 bridgehead atoms. The van der Waals surface area contributed by atoms with Gasteiger partial charge in [-0.25, -0.2) is 18.7 Å². The van der Waals surface area contributed by atoms with Crippen molar-refractivity contribution in [2.75, 3.05) is 7.11 Å². The number of fused-ring (bicyclic) bond motifs is 1. The van der Waals surface area contributed by atoms with Gasteiger partial charge < -0.3 is 33.8 Å². The Kier molecular flexibility index (Phi) is 11.5. The summed E-state index contributed by atoms with van der Waals surface area (Å²) in [7, 11) is 3.42. The third-order valence-corrected chi connectivity index (χ3v) is 10.5. The summed E-state index contributed by atoms with van der Waals surface area (Å²) in [5.41, 5.74) is 0.426. The summed E-state index contributed by atoms with van der Waals surface area (Å²) in [6.45, 7) is 9.91. The molecular weight excluding hydrogens is 630 g/mol. The number of aromatic nitrogens is 3. The van der Waals surface area contributed by atoms with Crippen molar-refractivity contribution in [2.24, 2.45) is 30.7 Å². The van der Waals surface area contributed by atoms with Crippen LogP contribution in [0.5, 0.6) is 0 Å². The first-order chi connectivity index (χ1) is 23.3. The van der Waals surface area contributed by atoms with Gasteiger partial charge in [-0.05, 0) is 57.7 Å². The number of aliphatic hydroxyl groups excluding tert-OH is 1. The van der Waals surface area contributed by atoms with Crippen molar-refractivity contribution in [3.63, 3.8) is 0 Å². The normalized spacial score (nSPS) is 31.8. The number of methoxy groups -OCH3 is 1. The minimum atomic E-state index is -0.894. The van der Waals surface area contributed by atoms with Gasteiger partial charge in [0.05, 0.1) is 25.3 Å². The van der Waals surface area contributed by atoms with Gasteiger partial charge >= 0.3 is 17.9 Å². The Morgan fingerprint density at radius 1 is 1.20 bits per heavy atom. The zero-order valence-electron chi connectivity index (χ0n) is 29.6. The number of aryl methyl sites for hydroxylation is 2. The van der Waals surface area contributed by atoms with Gasteiger partial charge in [-0.2, -0.15) is 0 Å². The number of cyclic esters (lactones) is 1. The van der Waals surface area contributed by atoms with Crippen molar-refractivity contribution < 1.29 is 47.7 Å². The Morgan fingerprint density at radius 2 is 1.98 bits per heavy atom. The number of carbonyl (C=O) groups is 3. The summed E-state index contributed by atoms with van der Waals surface area (Å²) in [5, 5.41) is 10.7. The van der Waals surface area contributed by atoms with E-state index in [1.165, 1.54) is 7.11 Å². The van der Waals surface area contributed by atoms with Gasteiger partial charge in [0.1, 0.15) is 42.5 Å². The fourth-order valence-corrected chi connectivity index (χ4v) is 7.58. The Bertz CT molecular complexity index is 1510. The van der Waals surface area contributed by atoms with E-state index in [1.54, 1.807) is 32.2 Å². The molecule has 2 aromatic rings. The summed E-state index contributed by atoms with van der Waals surface area (Å²) in [5.74, 6) is -2.55. The van der Waals surface area contributed by atoms with E-state index in [4.69, 9.17) is 23.7 Å². The topological polar surface area (TPSA) is 142 Å². The maximum atomic E-state index is 13.6. The molecular formula is C37H52N3O9+. The Labute approximate surface area is 288 Å². The first-order valence-electron chi connectivity index (χ1n) is 17.3. The molecule has 3 aliphatic rings. The second-order valence-corrected chi connectivity index (χ2v) is 14.1. The lowest BCUT2D eigenvalue weighted by molar-refractivity contribution is -0.696. The Morgan fingerprint density at radius 3 is 2.63 bits per heavy atom. The van der Waals surface area contributed by atoms with Crippen LogP contribution in [0.2, 0.25) is 0 Å². The predicted octanol–water partition coefficient (Wildman–Crippen LogP) is 3.84. The summed E-state index contributed by atoms with van der Waals surface area (Å²) in [6, 6.07) is 3.37. The second kappa shape index (κ2) is 15.4. The van der Waals surface area contributed by atoms with Crippen LogP contribution in [0, 0.1) is 23.7 Å². The molecule has 0 saturated carbocycles. The van der Waals surface area contributed by atoms with E-state index in [0.29, 0.717) is 31.5 Å². The molecule has 12 heteroatoms. The van der Waals surface area contributed by atoms with Crippen LogP contribution < -0.4 is 4.57 Å².